The molecule has 2 atom stereocenters. The van der Waals surface area contributed by atoms with Crippen LogP contribution in [-0.4, -0.2) is 49.1 Å². The topological polar surface area (TPSA) is 47.6 Å². The van der Waals surface area contributed by atoms with E-state index in [2.05, 4.69) is 51.8 Å². The second kappa shape index (κ2) is 6.24. The highest BCUT2D eigenvalue weighted by atomic mass is 16.2. The molecule has 1 spiro atoms. The normalized spacial score (nSPS) is 30.0. The summed E-state index contributed by atoms with van der Waals surface area (Å²) in [6.07, 6.45) is 5.86. The van der Waals surface area contributed by atoms with Crippen LogP contribution >= 0.6 is 0 Å². The zero-order valence-electron chi connectivity index (χ0n) is 15.7. The molecule has 3 heterocycles. The Morgan fingerprint density at radius 1 is 1.19 bits per heavy atom. The lowest BCUT2D eigenvalue weighted by molar-refractivity contribution is -0.134. The van der Waals surface area contributed by atoms with E-state index >= 15 is 0 Å². The maximum Gasteiger partial charge on any atom is 0.241 e. The summed E-state index contributed by atoms with van der Waals surface area (Å²) in [4.78, 5) is 17.6. The summed E-state index contributed by atoms with van der Waals surface area (Å²) in [5.74, 6) is 1.18. The van der Waals surface area contributed by atoms with Crippen molar-refractivity contribution >= 4 is 11.6 Å². The summed E-state index contributed by atoms with van der Waals surface area (Å²) in [6.45, 7) is 6.26. The van der Waals surface area contributed by atoms with Gasteiger partial charge in [-0.15, -0.1) is 0 Å². The number of rotatable bonds is 3. The Morgan fingerprint density at radius 3 is 2.65 bits per heavy atom. The number of nitrogens with zero attached hydrogens (tertiary/aromatic N) is 2. The monoisotopic (exact) mass is 354 g/mol. The van der Waals surface area contributed by atoms with Gasteiger partial charge in [-0.05, 0) is 56.6 Å². The molecular weight excluding hydrogens is 324 g/mol. The van der Waals surface area contributed by atoms with E-state index in [-0.39, 0.29) is 17.4 Å². The van der Waals surface area contributed by atoms with Gasteiger partial charge in [-0.1, -0.05) is 18.2 Å². The Hall–Kier alpha value is -1.59. The number of amides is 1. The van der Waals surface area contributed by atoms with E-state index < -0.39 is 0 Å². The number of hydrogen-bond acceptors (Lipinski definition) is 4. The fourth-order valence-corrected chi connectivity index (χ4v) is 5.19. The average molecular weight is 354 g/mol. The molecule has 0 radical (unpaired) electrons. The van der Waals surface area contributed by atoms with E-state index in [9.17, 15) is 4.79 Å². The number of para-hydroxylation sites is 1. The molecule has 26 heavy (non-hydrogen) atoms. The second-order valence-electron chi connectivity index (χ2n) is 8.92. The van der Waals surface area contributed by atoms with Crippen molar-refractivity contribution < 1.29 is 4.79 Å². The fraction of sp³-hybridized carbons (Fsp3) is 0.667. The third-order valence-corrected chi connectivity index (χ3v) is 6.91. The number of fused-ring (bicyclic) bond motifs is 2. The molecule has 1 aliphatic carbocycles. The van der Waals surface area contributed by atoms with Crippen LogP contribution < -0.4 is 15.8 Å². The number of carbonyl (C=O) groups excluding carboxylic acids is 1. The summed E-state index contributed by atoms with van der Waals surface area (Å²) < 4.78 is 0. The first-order valence-corrected chi connectivity index (χ1v) is 10.3. The van der Waals surface area contributed by atoms with Crippen molar-refractivity contribution in [2.45, 2.75) is 56.5 Å². The number of anilines is 1. The lowest BCUT2D eigenvalue weighted by Gasteiger charge is -2.40. The van der Waals surface area contributed by atoms with E-state index in [1.807, 2.05) is 0 Å². The van der Waals surface area contributed by atoms with Gasteiger partial charge in [-0.2, -0.15) is 0 Å². The van der Waals surface area contributed by atoms with Crippen LogP contribution in [0.25, 0.3) is 0 Å². The first-order valence-electron chi connectivity index (χ1n) is 10.3. The maximum absolute atomic E-state index is 12.8. The molecule has 3 aliphatic heterocycles. The number of nitrogens with one attached hydrogen (secondary N) is 2. The van der Waals surface area contributed by atoms with Crippen LogP contribution in [0.5, 0.6) is 0 Å². The van der Waals surface area contributed by atoms with Crippen LogP contribution in [0.2, 0.25) is 0 Å². The molecule has 0 aromatic heterocycles. The predicted molar refractivity (Wildman–Crippen MR) is 103 cm³/mol. The molecule has 5 heteroatoms. The Balaban J connectivity index is 1.30. The van der Waals surface area contributed by atoms with Gasteiger partial charge in [0.1, 0.15) is 6.04 Å². The van der Waals surface area contributed by atoms with Gasteiger partial charge >= 0.3 is 0 Å². The lowest BCUT2D eigenvalue weighted by Crippen LogP contribution is -2.52. The molecule has 1 aromatic rings. The van der Waals surface area contributed by atoms with Gasteiger partial charge in [0.25, 0.3) is 0 Å². The number of carbonyl (C=O) groups is 1. The van der Waals surface area contributed by atoms with Crippen LogP contribution in [0.1, 0.15) is 44.6 Å². The van der Waals surface area contributed by atoms with Crippen molar-refractivity contribution in [2.24, 2.45) is 5.92 Å². The summed E-state index contributed by atoms with van der Waals surface area (Å²) in [5, 5.41) is 0. The van der Waals surface area contributed by atoms with Crippen LogP contribution in [0.4, 0.5) is 5.69 Å². The molecule has 1 amide bonds. The zero-order chi connectivity index (χ0) is 17.7. The van der Waals surface area contributed by atoms with Crippen molar-refractivity contribution in [3.8, 4) is 0 Å². The molecule has 2 unspecified atom stereocenters. The van der Waals surface area contributed by atoms with E-state index in [0.29, 0.717) is 6.04 Å². The minimum Gasteiger partial charge on any atom is -0.370 e. The number of piperidine rings is 1. The largest absolute Gasteiger partial charge is 0.370 e. The summed E-state index contributed by atoms with van der Waals surface area (Å²) in [6, 6.07) is 9.33. The second-order valence-corrected chi connectivity index (χ2v) is 8.92. The van der Waals surface area contributed by atoms with Crippen molar-refractivity contribution in [1.29, 1.82) is 0 Å². The predicted octanol–water partition coefficient (Wildman–Crippen LogP) is 2.03. The molecule has 2 N–H and O–H groups in total. The standard InChI is InChI=1S/C21H30N4O/c1-15-12-18(23-22-15)20(26)24-10-8-21(9-11-24)14-25(13-16-6-7-16)19-5-3-2-4-17(19)21/h2-5,15-16,18,22-23H,6-14H2,1H3. The highest BCUT2D eigenvalue weighted by molar-refractivity contribution is 5.82. The van der Waals surface area contributed by atoms with E-state index in [0.717, 1.165) is 44.8 Å². The Morgan fingerprint density at radius 2 is 1.96 bits per heavy atom. The summed E-state index contributed by atoms with van der Waals surface area (Å²) in [7, 11) is 0. The molecule has 1 saturated carbocycles. The Labute approximate surface area is 156 Å². The third-order valence-electron chi connectivity index (χ3n) is 6.91. The van der Waals surface area contributed by atoms with Crippen LogP contribution in [0.15, 0.2) is 24.3 Å². The highest BCUT2D eigenvalue weighted by Crippen LogP contribution is 2.48. The van der Waals surface area contributed by atoms with Gasteiger partial charge in [0.05, 0.1) is 0 Å². The van der Waals surface area contributed by atoms with Gasteiger partial charge in [0.2, 0.25) is 5.91 Å². The smallest absolute Gasteiger partial charge is 0.241 e. The van der Waals surface area contributed by atoms with Gasteiger partial charge in [-0.25, -0.2) is 5.43 Å². The van der Waals surface area contributed by atoms with Gasteiger partial charge < -0.3 is 9.80 Å². The van der Waals surface area contributed by atoms with Crippen LogP contribution in [0, 0.1) is 5.92 Å². The van der Waals surface area contributed by atoms with Crippen molar-refractivity contribution in [3.05, 3.63) is 29.8 Å². The van der Waals surface area contributed by atoms with Crippen molar-refractivity contribution in [2.75, 3.05) is 31.1 Å². The molecule has 1 aromatic carbocycles. The van der Waals surface area contributed by atoms with E-state index in [1.54, 1.807) is 0 Å². The van der Waals surface area contributed by atoms with Gasteiger partial charge in [0.15, 0.2) is 0 Å². The average Bonchev–Trinajstić information content (AvgIpc) is 3.30. The first-order chi connectivity index (χ1) is 12.6. The Kier molecular flexibility index (Phi) is 3.98. The SMILES string of the molecule is CC1CC(C(=O)N2CCC3(CC2)CN(CC2CC2)c2ccccc23)NN1. The minimum absolute atomic E-state index is 0.0544. The molecule has 4 aliphatic rings. The molecular formula is C21H30N4O. The van der Waals surface area contributed by atoms with E-state index in [1.165, 1.54) is 30.6 Å². The Bertz CT molecular complexity index is 693. The molecule has 140 valence electrons. The molecule has 3 fully saturated rings. The van der Waals surface area contributed by atoms with E-state index in [4.69, 9.17) is 0 Å². The number of likely N-dealkylation sites (tertiary alicyclic amines) is 1. The number of benzene rings is 1. The third kappa shape index (κ3) is 2.81. The zero-order valence-corrected chi connectivity index (χ0v) is 15.7. The van der Waals surface area contributed by atoms with Crippen molar-refractivity contribution in [3.63, 3.8) is 0 Å². The van der Waals surface area contributed by atoms with Crippen LogP contribution in [0.3, 0.4) is 0 Å². The minimum atomic E-state index is -0.0544. The summed E-state index contributed by atoms with van der Waals surface area (Å²) in [5.41, 5.74) is 9.57. The molecule has 5 rings (SSSR count). The first kappa shape index (κ1) is 16.6. The lowest BCUT2D eigenvalue weighted by atomic mass is 9.74. The van der Waals surface area contributed by atoms with Crippen LogP contribution in [-0.2, 0) is 10.2 Å². The maximum atomic E-state index is 12.8. The molecule has 2 saturated heterocycles. The van der Waals surface area contributed by atoms with Gasteiger partial charge in [-0.3, -0.25) is 10.2 Å². The van der Waals surface area contributed by atoms with Crippen molar-refractivity contribution in [1.82, 2.24) is 15.8 Å². The fourth-order valence-electron chi connectivity index (χ4n) is 5.19. The quantitative estimate of drug-likeness (QED) is 0.872. The molecule has 0 bridgehead atoms. The van der Waals surface area contributed by atoms with Gasteiger partial charge in [0, 0.05) is 43.3 Å². The highest BCUT2D eigenvalue weighted by Gasteiger charge is 2.46. The number of hydrazine groups is 1. The molecule has 5 nitrogen and oxygen atoms in total. The number of hydrogen-bond donors (Lipinski definition) is 2. The summed E-state index contributed by atoms with van der Waals surface area (Å²) >= 11 is 0.